The van der Waals surface area contributed by atoms with Crippen molar-refractivity contribution in [3.63, 3.8) is 0 Å². The van der Waals surface area contributed by atoms with Crippen LogP contribution in [0.2, 0.25) is 5.02 Å². The third kappa shape index (κ3) is 3.79. The Kier molecular flexibility index (Phi) is 5.11. The van der Waals surface area contributed by atoms with E-state index in [1.54, 1.807) is 24.3 Å². The van der Waals surface area contributed by atoms with Gasteiger partial charge >= 0.3 is 11.8 Å². The Morgan fingerprint density at radius 1 is 1.23 bits per heavy atom. The summed E-state index contributed by atoms with van der Waals surface area (Å²) in [6.45, 7) is 0.146. The fourth-order valence-electron chi connectivity index (χ4n) is 2.69. The lowest BCUT2D eigenvalue weighted by Crippen LogP contribution is -2.46. The Morgan fingerprint density at radius 3 is 2.77 bits per heavy atom. The van der Waals surface area contributed by atoms with E-state index in [-0.39, 0.29) is 23.7 Å². The number of hydrogen-bond acceptors (Lipinski definition) is 4. The van der Waals surface area contributed by atoms with Crippen molar-refractivity contribution >= 4 is 29.1 Å². The molecule has 0 fully saturated rings. The van der Waals surface area contributed by atoms with Gasteiger partial charge in [-0.3, -0.25) is 9.59 Å². The molecule has 0 bridgehead atoms. The number of ether oxygens (including phenoxy) is 1. The van der Waals surface area contributed by atoms with Gasteiger partial charge in [-0.15, -0.1) is 0 Å². The number of anilines is 1. The molecular weight excluding hydrogens is 363 g/mol. The Balaban J connectivity index is 1.63. The minimum absolute atomic E-state index is 0.149. The van der Waals surface area contributed by atoms with Gasteiger partial charge in [0.1, 0.15) is 17.2 Å². The molecule has 26 heavy (non-hydrogen) atoms. The van der Waals surface area contributed by atoms with Crippen LogP contribution >= 0.6 is 11.6 Å². The van der Waals surface area contributed by atoms with Crippen molar-refractivity contribution in [2.75, 3.05) is 18.5 Å². The normalized spacial score (nSPS) is 18.4. The Morgan fingerprint density at radius 2 is 2.00 bits per heavy atom. The van der Waals surface area contributed by atoms with Crippen LogP contribution in [0.4, 0.5) is 10.1 Å². The first-order chi connectivity index (χ1) is 12.4. The van der Waals surface area contributed by atoms with Crippen LogP contribution in [0.25, 0.3) is 0 Å². The molecule has 1 aliphatic rings. The summed E-state index contributed by atoms with van der Waals surface area (Å²) >= 11 is 5.63. The lowest BCUT2D eigenvalue weighted by molar-refractivity contribution is -0.137. The summed E-state index contributed by atoms with van der Waals surface area (Å²) in [5, 5.41) is 15.4. The summed E-state index contributed by atoms with van der Waals surface area (Å²) in [5.74, 6) is -1.96. The average Bonchev–Trinajstić information content (AvgIpc) is 2.63. The van der Waals surface area contributed by atoms with Gasteiger partial charge in [-0.05, 0) is 24.3 Å². The molecule has 136 valence electrons. The van der Waals surface area contributed by atoms with Crippen LogP contribution in [0.5, 0.6) is 5.75 Å². The lowest BCUT2D eigenvalue weighted by atomic mass is 9.88. The van der Waals surface area contributed by atoms with E-state index < -0.39 is 23.2 Å². The number of amides is 2. The minimum Gasteiger partial charge on any atom is -0.493 e. The van der Waals surface area contributed by atoms with Crippen LogP contribution in [0.1, 0.15) is 12.0 Å². The lowest BCUT2D eigenvalue weighted by Gasteiger charge is -2.34. The summed E-state index contributed by atoms with van der Waals surface area (Å²) in [7, 11) is 0. The van der Waals surface area contributed by atoms with E-state index in [0.29, 0.717) is 17.9 Å². The van der Waals surface area contributed by atoms with Crippen LogP contribution in [-0.4, -0.2) is 30.1 Å². The third-order valence-corrected chi connectivity index (χ3v) is 4.38. The van der Waals surface area contributed by atoms with Crippen molar-refractivity contribution in [2.24, 2.45) is 0 Å². The number of hydrogen-bond donors (Lipinski definition) is 3. The Labute approximate surface area is 153 Å². The smallest absolute Gasteiger partial charge is 0.313 e. The molecule has 1 heterocycles. The highest BCUT2D eigenvalue weighted by atomic mass is 35.5. The molecule has 8 heteroatoms. The highest BCUT2D eigenvalue weighted by molar-refractivity contribution is 6.39. The topological polar surface area (TPSA) is 87.7 Å². The summed E-state index contributed by atoms with van der Waals surface area (Å²) in [5.41, 5.74) is -0.590. The first-order valence-electron chi connectivity index (χ1n) is 7.88. The van der Waals surface area contributed by atoms with Gasteiger partial charge in [-0.2, -0.15) is 0 Å². The van der Waals surface area contributed by atoms with Crippen LogP contribution in [0, 0.1) is 5.82 Å². The van der Waals surface area contributed by atoms with Crippen LogP contribution in [0.15, 0.2) is 42.5 Å². The van der Waals surface area contributed by atoms with Gasteiger partial charge in [0.05, 0.1) is 18.2 Å². The van der Waals surface area contributed by atoms with Crippen molar-refractivity contribution in [3.05, 3.63) is 58.9 Å². The number of carbonyl (C=O) groups is 2. The molecule has 2 amide bonds. The molecule has 0 aliphatic carbocycles. The predicted molar refractivity (Wildman–Crippen MR) is 93.5 cm³/mol. The van der Waals surface area contributed by atoms with Crippen molar-refractivity contribution in [1.82, 2.24) is 5.32 Å². The van der Waals surface area contributed by atoms with Gasteiger partial charge in [0.25, 0.3) is 0 Å². The van der Waals surface area contributed by atoms with Gasteiger partial charge in [0.15, 0.2) is 0 Å². The molecule has 0 aromatic heterocycles. The maximum Gasteiger partial charge on any atom is 0.313 e. The minimum atomic E-state index is -1.33. The molecule has 6 nitrogen and oxygen atoms in total. The monoisotopic (exact) mass is 378 g/mol. The number of halogens is 2. The SMILES string of the molecule is O=C(NC[C@@]1(O)CCOc2ccccc21)C(=O)Nc1ccc(F)c(Cl)c1. The van der Waals surface area contributed by atoms with Crippen LogP contribution in [0.3, 0.4) is 0 Å². The summed E-state index contributed by atoms with van der Waals surface area (Å²) < 4.78 is 18.6. The highest BCUT2D eigenvalue weighted by Crippen LogP contribution is 2.36. The van der Waals surface area contributed by atoms with E-state index in [2.05, 4.69) is 10.6 Å². The van der Waals surface area contributed by atoms with Gasteiger partial charge in [-0.25, -0.2) is 4.39 Å². The van der Waals surface area contributed by atoms with E-state index in [9.17, 15) is 19.1 Å². The molecule has 0 saturated carbocycles. The third-order valence-electron chi connectivity index (χ3n) is 4.09. The predicted octanol–water partition coefficient (Wildman–Crippen LogP) is 2.20. The molecule has 0 saturated heterocycles. The molecule has 1 atom stereocenters. The number of nitrogens with one attached hydrogen (secondary N) is 2. The van der Waals surface area contributed by atoms with E-state index in [1.165, 1.54) is 12.1 Å². The maximum atomic E-state index is 13.1. The van der Waals surface area contributed by atoms with Crippen molar-refractivity contribution < 1.29 is 23.8 Å². The molecule has 1 aliphatic heterocycles. The Bertz CT molecular complexity index is 861. The number of benzene rings is 2. The molecule has 3 rings (SSSR count). The number of carbonyl (C=O) groups excluding carboxylic acids is 2. The molecule has 0 unspecified atom stereocenters. The first kappa shape index (κ1) is 18.2. The van der Waals surface area contributed by atoms with Crippen LogP contribution in [-0.2, 0) is 15.2 Å². The number of rotatable bonds is 3. The van der Waals surface area contributed by atoms with Crippen molar-refractivity contribution in [1.29, 1.82) is 0 Å². The van der Waals surface area contributed by atoms with E-state index in [4.69, 9.17) is 16.3 Å². The molecule has 3 N–H and O–H groups in total. The van der Waals surface area contributed by atoms with Gasteiger partial charge in [0.2, 0.25) is 0 Å². The fourth-order valence-corrected chi connectivity index (χ4v) is 2.87. The van der Waals surface area contributed by atoms with E-state index >= 15 is 0 Å². The zero-order valence-corrected chi connectivity index (χ0v) is 14.3. The standard InChI is InChI=1S/C18H16ClFN2O4/c19-13-9-11(5-6-14(13)20)22-17(24)16(23)21-10-18(25)7-8-26-15-4-2-1-3-12(15)18/h1-6,9,25H,7-8,10H2,(H,21,23)(H,22,24)/t18-/m0/s1. The molecular formula is C18H16ClFN2O4. The molecule has 2 aromatic rings. The summed E-state index contributed by atoms with van der Waals surface area (Å²) in [6.07, 6.45) is 0.277. The molecule has 2 aromatic carbocycles. The number of fused-ring (bicyclic) bond motifs is 1. The van der Waals surface area contributed by atoms with E-state index in [0.717, 1.165) is 6.07 Å². The van der Waals surface area contributed by atoms with Gasteiger partial charge in [0, 0.05) is 17.7 Å². The van der Waals surface area contributed by atoms with Gasteiger partial charge in [-0.1, -0.05) is 29.8 Å². The first-order valence-corrected chi connectivity index (χ1v) is 8.26. The van der Waals surface area contributed by atoms with Crippen molar-refractivity contribution in [3.8, 4) is 5.75 Å². The second-order valence-electron chi connectivity index (χ2n) is 5.89. The fraction of sp³-hybridized carbons (Fsp3) is 0.222. The molecule has 0 radical (unpaired) electrons. The summed E-state index contributed by atoms with van der Waals surface area (Å²) in [6, 6.07) is 10.5. The maximum absolute atomic E-state index is 13.1. The Hall–Kier alpha value is -2.64. The van der Waals surface area contributed by atoms with Gasteiger partial charge < -0.3 is 20.5 Å². The molecule has 0 spiro atoms. The zero-order valence-electron chi connectivity index (χ0n) is 13.6. The van der Waals surface area contributed by atoms with E-state index in [1.807, 2.05) is 0 Å². The highest BCUT2D eigenvalue weighted by Gasteiger charge is 2.36. The van der Waals surface area contributed by atoms with Crippen LogP contribution < -0.4 is 15.4 Å². The number of aliphatic hydroxyl groups is 1. The largest absolute Gasteiger partial charge is 0.493 e. The zero-order chi connectivity index (χ0) is 18.7. The summed E-state index contributed by atoms with van der Waals surface area (Å²) in [4.78, 5) is 24.0. The second kappa shape index (κ2) is 7.31. The number of para-hydroxylation sites is 1. The quantitative estimate of drug-likeness (QED) is 0.714. The average molecular weight is 379 g/mol. The van der Waals surface area contributed by atoms with Crippen molar-refractivity contribution in [2.45, 2.75) is 12.0 Å². The second-order valence-corrected chi connectivity index (χ2v) is 6.30.